The Morgan fingerprint density at radius 3 is 2.84 bits per heavy atom. The molecule has 0 bridgehead atoms. The van der Waals surface area contributed by atoms with Gasteiger partial charge < -0.3 is 14.8 Å². The van der Waals surface area contributed by atoms with Crippen LogP contribution in [0.25, 0.3) is 0 Å². The van der Waals surface area contributed by atoms with Gasteiger partial charge in [0.2, 0.25) is 0 Å². The lowest BCUT2D eigenvalue weighted by Gasteiger charge is -2.19. The number of benzene rings is 1. The van der Waals surface area contributed by atoms with E-state index in [-0.39, 0.29) is 18.2 Å². The van der Waals surface area contributed by atoms with Crippen molar-refractivity contribution in [1.82, 2.24) is 0 Å². The number of nitrogens with one attached hydrogen (secondary N) is 1. The highest BCUT2D eigenvalue weighted by Gasteiger charge is 2.15. The third-order valence-corrected chi connectivity index (χ3v) is 2.91. The van der Waals surface area contributed by atoms with E-state index in [9.17, 15) is 4.79 Å². The van der Waals surface area contributed by atoms with Gasteiger partial charge in [0, 0.05) is 12.2 Å². The Labute approximate surface area is 114 Å². The summed E-state index contributed by atoms with van der Waals surface area (Å²) in [4.78, 5) is 11.9. The van der Waals surface area contributed by atoms with E-state index in [1.54, 1.807) is 0 Å². The molecule has 0 atom stereocenters. The second-order valence-electron chi connectivity index (χ2n) is 5.65. The smallest absolute Gasteiger partial charge is 0.338 e. The molecule has 4 heteroatoms. The monoisotopic (exact) mass is 263 g/mol. The molecule has 1 N–H and O–H groups in total. The van der Waals surface area contributed by atoms with Crippen LogP contribution in [0.5, 0.6) is 0 Å². The summed E-state index contributed by atoms with van der Waals surface area (Å²) in [6.45, 7) is 7.55. The van der Waals surface area contributed by atoms with Crippen molar-refractivity contribution in [1.29, 1.82) is 0 Å². The van der Waals surface area contributed by atoms with E-state index in [4.69, 9.17) is 9.47 Å². The molecule has 4 nitrogen and oxygen atoms in total. The maximum absolute atomic E-state index is 11.9. The number of rotatable bonds is 4. The number of ether oxygens (including phenoxy) is 2. The van der Waals surface area contributed by atoms with E-state index in [0.29, 0.717) is 12.2 Å². The van der Waals surface area contributed by atoms with Crippen LogP contribution in [0, 0.1) is 0 Å². The van der Waals surface area contributed by atoms with Crippen molar-refractivity contribution in [2.75, 3.05) is 25.1 Å². The number of hydrogen-bond donors (Lipinski definition) is 1. The summed E-state index contributed by atoms with van der Waals surface area (Å²) in [5.74, 6) is -0.297. The first-order valence-corrected chi connectivity index (χ1v) is 6.63. The van der Waals surface area contributed by atoms with Crippen LogP contribution in [-0.2, 0) is 15.9 Å². The van der Waals surface area contributed by atoms with E-state index in [2.05, 4.69) is 5.32 Å². The molecule has 1 aliphatic rings. The number of carbonyl (C=O) groups is 1. The number of carbonyl (C=O) groups excluding carboxylic acids is 1. The lowest BCUT2D eigenvalue weighted by molar-refractivity contribution is -0.0281. The molecular weight excluding hydrogens is 242 g/mol. The van der Waals surface area contributed by atoms with Crippen LogP contribution in [0.3, 0.4) is 0 Å². The minimum absolute atomic E-state index is 0.204. The van der Waals surface area contributed by atoms with E-state index in [0.717, 1.165) is 18.7 Å². The maximum Gasteiger partial charge on any atom is 0.338 e. The molecule has 0 aromatic heterocycles. The first-order valence-electron chi connectivity index (χ1n) is 6.63. The molecule has 0 aliphatic carbocycles. The van der Waals surface area contributed by atoms with E-state index in [1.807, 2.05) is 39.0 Å². The summed E-state index contributed by atoms with van der Waals surface area (Å²) in [7, 11) is 0. The van der Waals surface area contributed by atoms with Crippen LogP contribution in [0.1, 0.15) is 36.7 Å². The van der Waals surface area contributed by atoms with Gasteiger partial charge in [0.25, 0.3) is 0 Å². The molecule has 19 heavy (non-hydrogen) atoms. The predicted molar refractivity (Wildman–Crippen MR) is 74.6 cm³/mol. The average Bonchev–Trinajstić information content (AvgIpc) is 2.80. The SMILES string of the molecule is CC(C)(C)OCCOC(=O)c1ccc2c(c1)NCC2. The van der Waals surface area contributed by atoms with Gasteiger partial charge in [-0.2, -0.15) is 0 Å². The Balaban J connectivity index is 1.83. The third-order valence-electron chi connectivity index (χ3n) is 2.91. The van der Waals surface area contributed by atoms with Gasteiger partial charge in [0.15, 0.2) is 0 Å². The molecule has 104 valence electrons. The largest absolute Gasteiger partial charge is 0.460 e. The Hall–Kier alpha value is -1.55. The lowest BCUT2D eigenvalue weighted by Crippen LogP contribution is -2.22. The van der Waals surface area contributed by atoms with Crippen molar-refractivity contribution < 1.29 is 14.3 Å². The van der Waals surface area contributed by atoms with Crippen molar-refractivity contribution in [3.63, 3.8) is 0 Å². The van der Waals surface area contributed by atoms with Gasteiger partial charge in [0.1, 0.15) is 6.61 Å². The van der Waals surface area contributed by atoms with Crippen LogP contribution < -0.4 is 5.32 Å². The van der Waals surface area contributed by atoms with Crippen LogP contribution in [0.4, 0.5) is 5.69 Å². The minimum Gasteiger partial charge on any atom is -0.460 e. The average molecular weight is 263 g/mol. The van der Waals surface area contributed by atoms with Gasteiger partial charge in [-0.3, -0.25) is 0 Å². The fourth-order valence-electron chi connectivity index (χ4n) is 1.98. The molecule has 0 radical (unpaired) electrons. The van der Waals surface area contributed by atoms with Crippen LogP contribution in [0.15, 0.2) is 18.2 Å². The van der Waals surface area contributed by atoms with Gasteiger partial charge in [-0.25, -0.2) is 4.79 Å². The zero-order valence-electron chi connectivity index (χ0n) is 11.8. The Morgan fingerprint density at radius 1 is 1.32 bits per heavy atom. The second kappa shape index (κ2) is 5.61. The number of fused-ring (bicyclic) bond motifs is 1. The molecule has 1 aliphatic heterocycles. The van der Waals surface area contributed by atoms with E-state index in [1.165, 1.54) is 5.56 Å². The van der Waals surface area contributed by atoms with Crippen molar-refractivity contribution >= 4 is 11.7 Å². The predicted octanol–water partition coefficient (Wildman–Crippen LogP) is 2.63. The molecule has 1 aromatic carbocycles. The zero-order chi connectivity index (χ0) is 13.9. The second-order valence-corrected chi connectivity index (χ2v) is 5.65. The van der Waals surface area contributed by atoms with E-state index < -0.39 is 0 Å². The van der Waals surface area contributed by atoms with Crippen LogP contribution in [-0.4, -0.2) is 31.3 Å². The quantitative estimate of drug-likeness (QED) is 0.670. The molecule has 0 amide bonds. The summed E-state index contributed by atoms with van der Waals surface area (Å²) < 4.78 is 10.7. The van der Waals surface area contributed by atoms with Crippen LogP contribution in [0.2, 0.25) is 0 Å². The van der Waals surface area contributed by atoms with E-state index >= 15 is 0 Å². The van der Waals surface area contributed by atoms with Crippen molar-refractivity contribution in [3.05, 3.63) is 29.3 Å². The maximum atomic E-state index is 11.9. The fraction of sp³-hybridized carbons (Fsp3) is 0.533. The Morgan fingerprint density at radius 2 is 2.11 bits per heavy atom. The molecule has 2 rings (SSSR count). The standard InChI is InChI=1S/C15H21NO3/c1-15(2,3)19-9-8-18-14(17)12-5-4-11-6-7-16-13(11)10-12/h4-5,10,16H,6-9H2,1-3H3. The molecule has 0 saturated carbocycles. The van der Waals surface area contributed by atoms with Crippen molar-refractivity contribution in [2.24, 2.45) is 0 Å². The number of anilines is 1. The topological polar surface area (TPSA) is 47.6 Å². The summed E-state index contributed by atoms with van der Waals surface area (Å²) in [5.41, 5.74) is 2.68. The lowest BCUT2D eigenvalue weighted by atomic mass is 10.1. The molecular formula is C15H21NO3. The highest BCUT2D eigenvalue weighted by Crippen LogP contribution is 2.23. The molecule has 0 unspecified atom stereocenters. The third kappa shape index (κ3) is 3.96. The molecule has 0 saturated heterocycles. The van der Waals surface area contributed by atoms with Gasteiger partial charge in [-0.05, 0) is 44.9 Å². The van der Waals surface area contributed by atoms with Gasteiger partial charge >= 0.3 is 5.97 Å². The number of hydrogen-bond acceptors (Lipinski definition) is 4. The minimum atomic E-state index is -0.297. The van der Waals surface area contributed by atoms with Crippen LogP contribution >= 0.6 is 0 Å². The molecule has 1 heterocycles. The van der Waals surface area contributed by atoms with Gasteiger partial charge in [0.05, 0.1) is 17.8 Å². The summed E-state index contributed by atoms with van der Waals surface area (Å²) in [6.07, 6.45) is 1.02. The first-order chi connectivity index (χ1) is 8.96. The molecule has 0 spiro atoms. The Bertz CT molecular complexity index is 463. The molecule has 0 fully saturated rings. The summed E-state index contributed by atoms with van der Waals surface area (Å²) >= 11 is 0. The van der Waals surface area contributed by atoms with Gasteiger partial charge in [-0.15, -0.1) is 0 Å². The molecule has 1 aromatic rings. The highest BCUT2D eigenvalue weighted by atomic mass is 16.6. The van der Waals surface area contributed by atoms with Crippen molar-refractivity contribution in [3.8, 4) is 0 Å². The summed E-state index contributed by atoms with van der Waals surface area (Å²) in [6, 6.07) is 5.66. The van der Waals surface area contributed by atoms with Crippen molar-refractivity contribution in [2.45, 2.75) is 32.8 Å². The number of esters is 1. The normalized spacial score (nSPS) is 13.8. The zero-order valence-corrected chi connectivity index (χ0v) is 11.8. The fourth-order valence-corrected chi connectivity index (χ4v) is 1.98. The first kappa shape index (κ1) is 13.9. The van der Waals surface area contributed by atoms with Gasteiger partial charge in [-0.1, -0.05) is 6.07 Å². The highest BCUT2D eigenvalue weighted by molar-refractivity contribution is 5.91. The Kier molecular flexibility index (Phi) is 4.10. The summed E-state index contributed by atoms with van der Waals surface area (Å²) in [5, 5.41) is 3.25.